The Morgan fingerprint density at radius 3 is 3.00 bits per heavy atom. The number of aliphatic imine (C=N–C) groups is 1. The molecule has 4 heteroatoms. The molecular formula is C9H12N4. The lowest BCUT2D eigenvalue weighted by atomic mass is 10.2. The summed E-state index contributed by atoms with van der Waals surface area (Å²) < 4.78 is 0. The van der Waals surface area contributed by atoms with Crippen LogP contribution in [0.5, 0.6) is 0 Å². The van der Waals surface area contributed by atoms with Gasteiger partial charge in [0.05, 0.1) is 17.3 Å². The zero-order chi connectivity index (χ0) is 9.26. The standard InChI is InChI=1S/C9H12N4/c1-6-8(4-11-5-12-6)9(10)13-7-2-3-7/h4-5,7H,2-3H2,1H3,(H2,10,13). The van der Waals surface area contributed by atoms with Gasteiger partial charge in [-0.1, -0.05) is 0 Å². The van der Waals surface area contributed by atoms with Crippen molar-refractivity contribution in [2.45, 2.75) is 25.8 Å². The Morgan fingerprint density at radius 1 is 1.62 bits per heavy atom. The lowest BCUT2D eigenvalue weighted by Crippen LogP contribution is -2.16. The fourth-order valence-corrected chi connectivity index (χ4v) is 1.11. The number of amidine groups is 1. The average molecular weight is 176 g/mol. The van der Waals surface area contributed by atoms with Gasteiger partial charge in [0.25, 0.3) is 0 Å². The highest BCUT2D eigenvalue weighted by Crippen LogP contribution is 2.23. The Labute approximate surface area is 76.9 Å². The fourth-order valence-electron chi connectivity index (χ4n) is 1.11. The maximum atomic E-state index is 5.81. The van der Waals surface area contributed by atoms with E-state index in [1.54, 1.807) is 6.20 Å². The number of aromatic nitrogens is 2. The second-order valence-corrected chi connectivity index (χ2v) is 3.27. The van der Waals surface area contributed by atoms with Gasteiger partial charge in [0.2, 0.25) is 0 Å². The largest absolute Gasteiger partial charge is 0.383 e. The number of hydrogen-bond donors (Lipinski definition) is 1. The molecule has 13 heavy (non-hydrogen) atoms. The van der Waals surface area contributed by atoms with Crippen molar-refractivity contribution >= 4 is 5.84 Å². The minimum atomic E-state index is 0.444. The van der Waals surface area contributed by atoms with Crippen LogP contribution in [0.2, 0.25) is 0 Å². The molecule has 2 N–H and O–H groups in total. The van der Waals surface area contributed by atoms with E-state index < -0.39 is 0 Å². The molecule has 0 atom stereocenters. The fraction of sp³-hybridized carbons (Fsp3) is 0.444. The third kappa shape index (κ3) is 1.83. The van der Waals surface area contributed by atoms with E-state index in [4.69, 9.17) is 5.73 Å². The van der Waals surface area contributed by atoms with Crippen LogP contribution < -0.4 is 5.73 Å². The average Bonchev–Trinajstić information content (AvgIpc) is 2.89. The smallest absolute Gasteiger partial charge is 0.129 e. The van der Waals surface area contributed by atoms with Crippen molar-refractivity contribution in [2.24, 2.45) is 10.7 Å². The van der Waals surface area contributed by atoms with Crippen molar-refractivity contribution in [3.05, 3.63) is 23.8 Å². The number of rotatable bonds is 2. The van der Waals surface area contributed by atoms with Crippen molar-refractivity contribution in [1.82, 2.24) is 9.97 Å². The van der Waals surface area contributed by atoms with Crippen LogP contribution in [-0.4, -0.2) is 21.8 Å². The van der Waals surface area contributed by atoms with Crippen LogP contribution in [0.3, 0.4) is 0 Å². The van der Waals surface area contributed by atoms with Crippen molar-refractivity contribution in [1.29, 1.82) is 0 Å². The number of nitrogens with zero attached hydrogens (tertiary/aromatic N) is 3. The highest BCUT2D eigenvalue weighted by Gasteiger charge is 2.21. The van der Waals surface area contributed by atoms with Crippen LogP contribution in [0, 0.1) is 6.92 Å². The van der Waals surface area contributed by atoms with Crippen LogP contribution in [-0.2, 0) is 0 Å². The molecule has 1 aromatic rings. The Bertz CT molecular complexity index is 341. The van der Waals surface area contributed by atoms with Crippen molar-refractivity contribution < 1.29 is 0 Å². The molecule has 0 aliphatic heterocycles. The zero-order valence-corrected chi connectivity index (χ0v) is 7.57. The topological polar surface area (TPSA) is 64.2 Å². The Kier molecular flexibility index (Phi) is 1.96. The first-order valence-corrected chi connectivity index (χ1v) is 4.37. The van der Waals surface area contributed by atoms with E-state index >= 15 is 0 Å². The summed E-state index contributed by atoms with van der Waals surface area (Å²) in [5, 5.41) is 0. The molecule has 1 saturated carbocycles. The molecule has 68 valence electrons. The van der Waals surface area contributed by atoms with Crippen LogP contribution in [0.1, 0.15) is 24.1 Å². The highest BCUT2D eigenvalue weighted by atomic mass is 14.9. The predicted molar refractivity (Wildman–Crippen MR) is 50.5 cm³/mol. The summed E-state index contributed by atoms with van der Waals surface area (Å²) in [7, 11) is 0. The number of hydrogen-bond acceptors (Lipinski definition) is 3. The van der Waals surface area contributed by atoms with Gasteiger partial charge in [0.1, 0.15) is 12.2 Å². The van der Waals surface area contributed by atoms with E-state index in [1.807, 2.05) is 6.92 Å². The second kappa shape index (κ2) is 3.12. The molecule has 1 fully saturated rings. The third-order valence-corrected chi connectivity index (χ3v) is 2.06. The van der Waals surface area contributed by atoms with Gasteiger partial charge in [-0.3, -0.25) is 4.99 Å². The monoisotopic (exact) mass is 176 g/mol. The van der Waals surface area contributed by atoms with Crippen molar-refractivity contribution in [3.8, 4) is 0 Å². The van der Waals surface area contributed by atoms with Gasteiger partial charge in [-0.05, 0) is 19.8 Å². The third-order valence-electron chi connectivity index (χ3n) is 2.06. The molecule has 0 radical (unpaired) electrons. The van der Waals surface area contributed by atoms with E-state index in [2.05, 4.69) is 15.0 Å². The first-order chi connectivity index (χ1) is 6.27. The second-order valence-electron chi connectivity index (χ2n) is 3.27. The quantitative estimate of drug-likeness (QED) is 0.531. The molecule has 0 saturated heterocycles. The SMILES string of the molecule is Cc1ncncc1C(N)=NC1CC1. The normalized spacial score (nSPS) is 17.5. The summed E-state index contributed by atoms with van der Waals surface area (Å²) in [4.78, 5) is 12.3. The van der Waals surface area contributed by atoms with Crippen molar-refractivity contribution in [2.75, 3.05) is 0 Å². The zero-order valence-electron chi connectivity index (χ0n) is 7.57. The number of nitrogens with two attached hydrogens (primary N) is 1. The van der Waals surface area contributed by atoms with Crippen LogP contribution in [0.25, 0.3) is 0 Å². The molecule has 0 unspecified atom stereocenters. The molecule has 2 rings (SSSR count). The summed E-state index contributed by atoms with van der Waals surface area (Å²) >= 11 is 0. The summed E-state index contributed by atoms with van der Waals surface area (Å²) in [5.41, 5.74) is 7.55. The minimum Gasteiger partial charge on any atom is -0.383 e. The van der Waals surface area contributed by atoms with Gasteiger partial charge >= 0.3 is 0 Å². The van der Waals surface area contributed by atoms with Gasteiger partial charge in [0, 0.05) is 6.20 Å². The van der Waals surface area contributed by atoms with Crippen LogP contribution in [0.4, 0.5) is 0 Å². The predicted octanol–water partition coefficient (Wildman–Crippen LogP) is 0.653. The van der Waals surface area contributed by atoms with Gasteiger partial charge < -0.3 is 5.73 Å². The number of aryl methyl sites for hydroxylation is 1. The molecule has 1 aromatic heterocycles. The highest BCUT2D eigenvalue weighted by molar-refractivity contribution is 5.98. The summed E-state index contributed by atoms with van der Waals surface area (Å²) in [5.74, 6) is 0.570. The lowest BCUT2D eigenvalue weighted by molar-refractivity contribution is 1.04. The Balaban J connectivity index is 2.28. The van der Waals surface area contributed by atoms with Crippen molar-refractivity contribution in [3.63, 3.8) is 0 Å². The van der Waals surface area contributed by atoms with Gasteiger partial charge in [-0.25, -0.2) is 9.97 Å². The molecule has 1 aliphatic carbocycles. The minimum absolute atomic E-state index is 0.444. The molecule has 0 amide bonds. The van der Waals surface area contributed by atoms with Gasteiger partial charge in [-0.2, -0.15) is 0 Å². The molecular weight excluding hydrogens is 164 g/mol. The molecule has 0 bridgehead atoms. The van der Waals surface area contributed by atoms with E-state index in [0.717, 1.165) is 24.1 Å². The van der Waals surface area contributed by atoms with Crippen LogP contribution in [0.15, 0.2) is 17.5 Å². The van der Waals surface area contributed by atoms with Gasteiger partial charge in [0.15, 0.2) is 0 Å². The van der Waals surface area contributed by atoms with E-state index in [0.29, 0.717) is 11.9 Å². The Hall–Kier alpha value is -1.45. The Morgan fingerprint density at radius 2 is 2.38 bits per heavy atom. The maximum absolute atomic E-state index is 5.81. The molecule has 4 nitrogen and oxygen atoms in total. The van der Waals surface area contributed by atoms with E-state index in [-0.39, 0.29) is 0 Å². The molecule has 0 spiro atoms. The first kappa shape index (κ1) is 8.16. The van der Waals surface area contributed by atoms with E-state index in [9.17, 15) is 0 Å². The summed E-state index contributed by atoms with van der Waals surface area (Å²) in [6, 6.07) is 0.444. The lowest BCUT2D eigenvalue weighted by Gasteiger charge is -2.02. The molecule has 1 aliphatic rings. The van der Waals surface area contributed by atoms with Gasteiger partial charge in [-0.15, -0.1) is 0 Å². The molecule has 1 heterocycles. The molecule has 0 aromatic carbocycles. The maximum Gasteiger partial charge on any atom is 0.129 e. The van der Waals surface area contributed by atoms with E-state index in [1.165, 1.54) is 6.33 Å². The first-order valence-electron chi connectivity index (χ1n) is 4.37. The summed E-state index contributed by atoms with van der Waals surface area (Å²) in [6.45, 7) is 1.91. The van der Waals surface area contributed by atoms with Crippen LogP contribution >= 0.6 is 0 Å². The summed E-state index contributed by atoms with van der Waals surface area (Å²) in [6.07, 6.45) is 5.55.